The van der Waals surface area contributed by atoms with Crippen LogP contribution in [0, 0.1) is 5.82 Å². The molecular formula is C11H13FN2O3S. The number of rotatable bonds is 3. The molecule has 5 nitrogen and oxygen atoms in total. The molecule has 1 atom stereocenters. The summed E-state index contributed by atoms with van der Waals surface area (Å²) in [6, 6.07) is 3.20. The highest BCUT2D eigenvalue weighted by molar-refractivity contribution is 7.91. The van der Waals surface area contributed by atoms with Crippen molar-refractivity contribution in [3.8, 4) is 0 Å². The highest BCUT2D eigenvalue weighted by Gasteiger charge is 2.30. The number of halogens is 1. The van der Waals surface area contributed by atoms with Crippen molar-refractivity contribution in [3.05, 3.63) is 29.6 Å². The molecule has 7 heteroatoms. The monoisotopic (exact) mass is 272 g/mol. The van der Waals surface area contributed by atoms with Crippen LogP contribution >= 0.6 is 0 Å². The number of nitrogens with one attached hydrogen (secondary N) is 1. The van der Waals surface area contributed by atoms with E-state index in [-0.39, 0.29) is 23.2 Å². The van der Waals surface area contributed by atoms with E-state index in [2.05, 4.69) is 5.32 Å². The number of primary amides is 1. The second-order valence-electron chi connectivity index (χ2n) is 4.19. The summed E-state index contributed by atoms with van der Waals surface area (Å²) in [7, 11) is -3.35. The van der Waals surface area contributed by atoms with Gasteiger partial charge in [-0.15, -0.1) is 0 Å². The van der Waals surface area contributed by atoms with Crippen LogP contribution in [-0.4, -0.2) is 26.6 Å². The molecular weight excluding hydrogens is 259 g/mol. The zero-order chi connectivity index (χ0) is 13.3. The van der Waals surface area contributed by atoms with Crippen LogP contribution in [0.15, 0.2) is 23.1 Å². The minimum absolute atomic E-state index is 0.0257. The molecule has 2 rings (SSSR count). The first-order valence-electron chi connectivity index (χ1n) is 5.44. The fraction of sp³-hybridized carbons (Fsp3) is 0.364. The van der Waals surface area contributed by atoms with E-state index in [4.69, 9.17) is 5.73 Å². The van der Waals surface area contributed by atoms with Crippen LogP contribution in [0.1, 0.15) is 18.0 Å². The second kappa shape index (κ2) is 4.66. The summed E-state index contributed by atoms with van der Waals surface area (Å²) in [5, 5.41) is 2.84. The van der Waals surface area contributed by atoms with Crippen molar-refractivity contribution < 1.29 is 17.6 Å². The predicted octanol–water partition coefficient (Wildman–Crippen LogP) is 0.119. The van der Waals surface area contributed by atoms with Crippen molar-refractivity contribution in [2.75, 3.05) is 12.3 Å². The second-order valence-corrected chi connectivity index (χ2v) is 6.27. The van der Waals surface area contributed by atoms with Crippen LogP contribution in [0.25, 0.3) is 0 Å². The fourth-order valence-corrected chi connectivity index (χ4v) is 3.65. The molecule has 0 bridgehead atoms. The van der Waals surface area contributed by atoms with Crippen molar-refractivity contribution in [2.45, 2.75) is 17.4 Å². The minimum atomic E-state index is -3.35. The zero-order valence-electron chi connectivity index (χ0n) is 9.52. The van der Waals surface area contributed by atoms with Gasteiger partial charge in [0.15, 0.2) is 9.84 Å². The number of hydrogen-bond acceptors (Lipinski definition) is 4. The van der Waals surface area contributed by atoms with Gasteiger partial charge in [-0.05, 0) is 30.2 Å². The lowest BCUT2D eigenvalue weighted by molar-refractivity contribution is -0.117. The van der Waals surface area contributed by atoms with E-state index in [1.807, 2.05) is 0 Å². The molecule has 0 radical (unpaired) electrons. The molecule has 0 saturated carbocycles. The molecule has 1 aliphatic heterocycles. The van der Waals surface area contributed by atoms with Crippen molar-refractivity contribution in [2.24, 2.45) is 5.73 Å². The Balaban J connectivity index is 2.38. The molecule has 0 aromatic heterocycles. The topological polar surface area (TPSA) is 89.3 Å². The average molecular weight is 272 g/mol. The van der Waals surface area contributed by atoms with E-state index in [9.17, 15) is 17.6 Å². The van der Waals surface area contributed by atoms with Crippen LogP contribution in [0.5, 0.6) is 0 Å². The van der Waals surface area contributed by atoms with Crippen LogP contribution in [0.2, 0.25) is 0 Å². The van der Waals surface area contributed by atoms with Gasteiger partial charge in [-0.2, -0.15) is 0 Å². The normalized spacial score (nSPS) is 21.3. The third-order valence-corrected chi connectivity index (χ3v) is 4.70. The summed E-state index contributed by atoms with van der Waals surface area (Å²) in [4.78, 5) is 10.8. The maximum absolute atomic E-state index is 13.2. The number of sulfone groups is 1. The van der Waals surface area contributed by atoms with Crippen molar-refractivity contribution >= 4 is 15.7 Å². The zero-order valence-corrected chi connectivity index (χ0v) is 10.3. The number of fused-ring (bicyclic) bond motifs is 1. The molecule has 3 N–H and O–H groups in total. The number of carbonyl (C=O) groups is 1. The van der Waals surface area contributed by atoms with Gasteiger partial charge in [-0.25, -0.2) is 12.8 Å². The molecule has 1 aromatic rings. The van der Waals surface area contributed by atoms with E-state index < -0.39 is 21.6 Å². The summed E-state index contributed by atoms with van der Waals surface area (Å²) in [6.07, 6.45) is 0.298. The standard InChI is InChI=1S/C11H13FN2O3S/c12-7-1-2-10-8(5-7)9(14-6-11(13)15)3-4-18(10,16)17/h1-2,5,9,14H,3-4,6H2,(H2,13,15). The van der Waals surface area contributed by atoms with E-state index in [0.717, 1.165) is 6.07 Å². The maximum atomic E-state index is 13.2. The van der Waals surface area contributed by atoms with Gasteiger partial charge in [-0.3, -0.25) is 4.79 Å². The van der Waals surface area contributed by atoms with Gasteiger partial charge in [0.25, 0.3) is 0 Å². The molecule has 1 heterocycles. The molecule has 0 saturated heterocycles. The van der Waals surface area contributed by atoms with E-state index >= 15 is 0 Å². The number of hydrogen-bond donors (Lipinski definition) is 2. The van der Waals surface area contributed by atoms with Crippen molar-refractivity contribution in [3.63, 3.8) is 0 Å². The average Bonchev–Trinajstić information content (AvgIpc) is 2.27. The van der Waals surface area contributed by atoms with Crippen molar-refractivity contribution in [1.82, 2.24) is 5.32 Å². The Morgan fingerprint density at radius 1 is 1.50 bits per heavy atom. The first kappa shape index (κ1) is 13.0. The minimum Gasteiger partial charge on any atom is -0.369 e. The lowest BCUT2D eigenvalue weighted by Crippen LogP contribution is -2.35. The van der Waals surface area contributed by atoms with Gasteiger partial charge < -0.3 is 11.1 Å². The Bertz CT molecular complexity index is 586. The lowest BCUT2D eigenvalue weighted by Gasteiger charge is -2.26. The van der Waals surface area contributed by atoms with Gasteiger partial charge in [0.1, 0.15) is 5.82 Å². The van der Waals surface area contributed by atoms with Crippen LogP contribution in [0.4, 0.5) is 4.39 Å². The number of nitrogens with two attached hydrogens (primary N) is 1. The molecule has 98 valence electrons. The fourth-order valence-electron chi connectivity index (χ4n) is 2.05. The Morgan fingerprint density at radius 3 is 2.89 bits per heavy atom. The Kier molecular flexibility index (Phi) is 3.36. The maximum Gasteiger partial charge on any atom is 0.231 e. The van der Waals surface area contributed by atoms with Gasteiger partial charge in [0, 0.05) is 6.04 Å². The molecule has 18 heavy (non-hydrogen) atoms. The highest BCUT2D eigenvalue weighted by atomic mass is 32.2. The number of benzene rings is 1. The summed E-state index contributed by atoms with van der Waals surface area (Å²) in [6.45, 7) is -0.0688. The Hall–Kier alpha value is -1.47. The molecule has 1 amide bonds. The molecule has 1 unspecified atom stereocenters. The van der Waals surface area contributed by atoms with E-state index in [1.165, 1.54) is 12.1 Å². The predicted molar refractivity (Wildman–Crippen MR) is 63.0 cm³/mol. The molecule has 0 aliphatic carbocycles. The Labute approximate surface area is 104 Å². The third-order valence-electron chi connectivity index (χ3n) is 2.88. The smallest absolute Gasteiger partial charge is 0.231 e. The third kappa shape index (κ3) is 2.51. The molecule has 1 aromatic carbocycles. The quantitative estimate of drug-likeness (QED) is 0.765. The largest absolute Gasteiger partial charge is 0.369 e. The van der Waals surface area contributed by atoms with Crippen molar-refractivity contribution in [1.29, 1.82) is 0 Å². The van der Waals surface area contributed by atoms with Crippen LogP contribution < -0.4 is 11.1 Å². The van der Waals surface area contributed by atoms with Crippen LogP contribution in [-0.2, 0) is 14.6 Å². The summed E-state index contributed by atoms with van der Waals surface area (Å²) >= 11 is 0. The van der Waals surface area contributed by atoms with Gasteiger partial charge in [0.05, 0.1) is 17.2 Å². The summed E-state index contributed by atoms with van der Waals surface area (Å²) < 4.78 is 36.9. The first-order chi connectivity index (χ1) is 8.40. The number of carbonyl (C=O) groups excluding carboxylic acids is 1. The van der Waals surface area contributed by atoms with E-state index in [0.29, 0.717) is 12.0 Å². The van der Waals surface area contributed by atoms with Gasteiger partial charge in [0.2, 0.25) is 5.91 Å². The summed E-state index contributed by atoms with van der Waals surface area (Å²) in [5.41, 5.74) is 5.38. The van der Waals surface area contributed by atoms with Gasteiger partial charge in [-0.1, -0.05) is 0 Å². The van der Waals surface area contributed by atoms with E-state index in [1.54, 1.807) is 0 Å². The molecule has 1 aliphatic rings. The molecule has 0 fully saturated rings. The number of amides is 1. The van der Waals surface area contributed by atoms with Crippen LogP contribution in [0.3, 0.4) is 0 Å². The summed E-state index contributed by atoms with van der Waals surface area (Å²) in [5.74, 6) is -1.07. The Morgan fingerprint density at radius 2 is 2.22 bits per heavy atom. The first-order valence-corrected chi connectivity index (χ1v) is 7.09. The SMILES string of the molecule is NC(=O)CNC1CCS(=O)(=O)c2ccc(F)cc21. The molecule has 0 spiro atoms. The van der Waals surface area contributed by atoms with Gasteiger partial charge >= 0.3 is 0 Å². The lowest BCUT2D eigenvalue weighted by atomic mass is 10.0. The highest BCUT2D eigenvalue weighted by Crippen LogP contribution is 2.32.